The third-order valence-electron chi connectivity index (χ3n) is 7.89. The minimum atomic E-state index is -0.779. The molecule has 27 heteroatoms. The van der Waals surface area contributed by atoms with Crippen molar-refractivity contribution in [2.45, 2.75) is 40.0 Å². The van der Waals surface area contributed by atoms with E-state index in [9.17, 15) is 20.2 Å². The van der Waals surface area contributed by atoms with E-state index >= 15 is 0 Å². The van der Waals surface area contributed by atoms with E-state index in [4.69, 9.17) is 56.9 Å². The molecule has 1 saturated heterocycles. The van der Waals surface area contributed by atoms with Gasteiger partial charge in [-0.15, -0.1) is 16.3 Å². The maximum Gasteiger partial charge on any atom is 0.274 e. The average Bonchev–Trinajstić information content (AvgIpc) is 3.91. The normalized spacial score (nSPS) is 12.8. The van der Waals surface area contributed by atoms with Crippen LogP contribution in [0.2, 0.25) is 19.9 Å². The van der Waals surface area contributed by atoms with Crippen molar-refractivity contribution in [3.05, 3.63) is 135 Å². The molecule has 4 aromatic rings. The van der Waals surface area contributed by atoms with E-state index in [1.165, 1.54) is 18.4 Å². The predicted octanol–water partition coefficient (Wildman–Crippen LogP) is 6.69. The van der Waals surface area contributed by atoms with E-state index in [0.717, 1.165) is 51.8 Å². The fourth-order valence-electron chi connectivity index (χ4n) is 4.78. The Labute approximate surface area is 397 Å². The molecule has 3 N–H and O–H groups in total. The maximum atomic E-state index is 10.5. The van der Waals surface area contributed by atoms with Crippen molar-refractivity contribution in [3.8, 4) is 12.4 Å². The van der Waals surface area contributed by atoms with E-state index in [-0.39, 0.29) is 5.96 Å². The van der Waals surface area contributed by atoms with Crippen LogP contribution in [-0.2, 0) is 26.2 Å². The molecule has 64 heavy (non-hydrogen) atoms. The molecule has 0 amide bonds. The quantitative estimate of drug-likeness (QED) is 0.0314. The summed E-state index contributed by atoms with van der Waals surface area (Å²) >= 11 is 25.6. The summed E-state index contributed by atoms with van der Waals surface area (Å²) in [4.78, 5) is 50.0. The molecule has 0 unspecified atom stereocenters. The van der Waals surface area contributed by atoms with Gasteiger partial charge in [-0.1, -0.05) is 76.4 Å². The molecule has 0 atom stereocenters. The van der Waals surface area contributed by atoms with Gasteiger partial charge >= 0.3 is 0 Å². The van der Waals surface area contributed by atoms with E-state index in [2.05, 4.69) is 55.9 Å². The number of aromatic nitrogens is 4. The van der Waals surface area contributed by atoms with E-state index in [1.54, 1.807) is 74.9 Å². The molecule has 1 fully saturated rings. The van der Waals surface area contributed by atoms with Crippen LogP contribution in [0.15, 0.2) is 88.3 Å². The molecule has 0 spiro atoms. The second kappa shape index (κ2) is 30.1. The van der Waals surface area contributed by atoms with Crippen LogP contribution in [0.4, 0.5) is 0 Å². The summed E-state index contributed by atoms with van der Waals surface area (Å²) in [5.74, 6) is 2.19. The number of hydrazone groups is 1. The highest BCUT2D eigenvalue weighted by Crippen LogP contribution is 2.21. The average molecular weight is 996 g/mol. The number of amidine groups is 2. The molecule has 0 aromatic carbocycles. The highest BCUT2D eigenvalue weighted by Gasteiger charge is 2.19. The summed E-state index contributed by atoms with van der Waals surface area (Å²) in [7, 11) is 5.05. The topological polar surface area (TPSA) is 268 Å². The zero-order valence-corrected chi connectivity index (χ0v) is 39.7. The van der Waals surface area contributed by atoms with Gasteiger partial charge in [0.25, 0.3) is 12.2 Å². The van der Waals surface area contributed by atoms with Crippen molar-refractivity contribution >= 4 is 86.5 Å². The van der Waals surface area contributed by atoms with Gasteiger partial charge in [0.15, 0.2) is 20.5 Å². The lowest BCUT2D eigenvalue weighted by atomic mass is 10.2. The summed E-state index contributed by atoms with van der Waals surface area (Å²) < 4.78 is 0.434. The lowest BCUT2D eigenvalue weighted by Gasteiger charge is -2.23. The van der Waals surface area contributed by atoms with Crippen LogP contribution in [0.1, 0.15) is 35.4 Å². The monoisotopic (exact) mass is 993 g/mol. The second-order valence-electron chi connectivity index (χ2n) is 12.3. The van der Waals surface area contributed by atoms with Crippen molar-refractivity contribution in [3.63, 3.8) is 0 Å². The van der Waals surface area contributed by atoms with Gasteiger partial charge in [0.05, 0.1) is 11.5 Å². The molecule has 0 saturated carbocycles. The molecule has 0 bridgehead atoms. The first-order valence-electron chi connectivity index (χ1n) is 18.4. The number of pyridine rings is 3. The number of halogens is 4. The third-order valence-corrected chi connectivity index (χ3v) is 10.7. The Hall–Kier alpha value is -6.08. The number of hydrogen-bond acceptors (Lipinski definition) is 16. The Balaban J connectivity index is 0.000000294. The Kier molecular flexibility index (Phi) is 25.4. The number of nitrogens with one attached hydrogen (secondary N) is 3. The minimum absolute atomic E-state index is 0.0875. The number of rotatable bonds is 13. The van der Waals surface area contributed by atoms with E-state index in [0.29, 0.717) is 57.8 Å². The van der Waals surface area contributed by atoms with Crippen LogP contribution in [0.3, 0.4) is 0 Å². The van der Waals surface area contributed by atoms with Gasteiger partial charge in [-0.25, -0.2) is 30.1 Å². The van der Waals surface area contributed by atoms with Crippen LogP contribution in [0.5, 0.6) is 0 Å². The highest BCUT2D eigenvalue weighted by atomic mass is 35.5. The second-order valence-corrected chi connectivity index (χ2v) is 16.2. The molecule has 1 aliphatic heterocycles. The Morgan fingerprint density at radius 2 is 1.50 bits per heavy atom. The van der Waals surface area contributed by atoms with Gasteiger partial charge in [-0.3, -0.25) is 10.1 Å². The molecule has 1 aliphatic rings. The fourth-order valence-corrected chi connectivity index (χ4v) is 6.97. The van der Waals surface area contributed by atoms with E-state index < -0.39 is 9.96 Å². The smallest absolute Gasteiger partial charge is 0.274 e. The molecular weight excluding hydrogens is 952 g/mol. The van der Waals surface area contributed by atoms with Gasteiger partial charge < -0.3 is 30.7 Å². The molecule has 4 aromatic heterocycles. The maximum absolute atomic E-state index is 10.5. The van der Waals surface area contributed by atoms with Crippen molar-refractivity contribution in [1.29, 1.82) is 10.5 Å². The molecule has 0 radical (unpaired) electrons. The van der Waals surface area contributed by atoms with Crippen LogP contribution >= 0.6 is 69.5 Å². The Morgan fingerprint density at radius 1 is 0.906 bits per heavy atom. The Bertz CT molecular complexity index is 2290. The van der Waals surface area contributed by atoms with Gasteiger partial charge in [-0.2, -0.15) is 15.5 Å². The zero-order chi connectivity index (χ0) is 47.4. The zero-order valence-electron chi connectivity index (χ0n) is 35.0. The summed E-state index contributed by atoms with van der Waals surface area (Å²) in [6, 6.07) is 10.9. The van der Waals surface area contributed by atoms with Crippen LogP contribution in [-0.4, -0.2) is 102 Å². The number of hydrogen-bond donors (Lipinski definition) is 3. The number of thiazole rings is 1. The Morgan fingerprint density at radius 3 is 1.95 bits per heavy atom. The van der Waals surface area contributed by atoms with E-state index in [1.807, 2.05) is 48.2 Å². The van der Waals surface area contributed by atoms with Crippen molar-refractivity contribution in [2.24, 2.45) is 15.1 Å². The number of nitrogens with zero attached hydrogens (tertiary/aromatic N) is 14. The van der Waals surface area contributed by atoms with Gasteiger partial charge in [0, 0.05) is 89.3 Å². The first-order chi connectivity index (χ1) is 30.6. The molecule has 5 rings (SSSR count). The third kappa shape index (κ3) is 21.8. The lowest BCUT2D eigenvalue weighted by molar-refractivity contribution is -0.485. The standard InChI is InChI=1S/C11H15ClN4O2.C10H9ClN4S.C10H11ClN4.C6H8ClN5O2S/c1-3-15(11(13-2)8-16(17)18)7-9-4-5-10(12)14-6-9;11-9-2-1-8(5-13-9)6-15-3-4-16-10(15)14-7-12;1-8(14-7-12)15(2)6-9-3-4-10(11)13-5-9;1-8-6(11-12(13)14)10-3-4-2-9-5(7)15-4/h4-6,8,13H,3,7H2,1-2H3;1-2,5H,3-4,6H2;3-5H,6H2,1-2H3;2H,3H2,1H3,(H2,8,10,11)/b11-8+;;;. The number of aliphatic imine (C=N–C) groups is 2. The first-order valence-corrected chi connectivity index (χ1v) is 21.8. The fraction of sp³-hybridized carbons (Fsp3) is 0.324. The number of guanidine groups is 1. The number of nitro groups is 2. The van der Waals surface area contributed by atoms with Crippen molar-refractivity contribution in [2.75, 3.05) is 40.0 Å². The molecule has 0 aliphatic carbocycles. The van der Waals surface area contributed by atoms with Crippen LogP contribution in [0, 0.1) is 43.1 Å². The molecular formula is C37H43Cl4N17O4S2. The van der Waals surface area contributed by atoms with Gasteiger partial charge in [-0.05, 0) is 48.7 Å². The SMILES string of the molecule is CC(=NC#N)N(C)Cc1ccc(Cl)nc1.CCN(Cc1ccc(Cl)nc1)/C(=C/[N+](=O)[O-])NC.CN/C(=N\[N+](=O)[O-])NCc1cnc(Cl)s1.N#CN=C1SCCN1Cc1ccc(Cl)nc1. The number of nitriles is 2. The number of thioether (sulfide) groups is 1. The largest absolute Gasteiger partial charge is 0.370 e. The molecule has 5 heterocycles. The summed E-state index contributed by atoms with van der Waals surface area (Å²) in [5, 5.41) is 50.1. The lowest BCUT2D eigenvalue weighted by Crippen LogP contribution is -2.34. The predicted molar refractivity (Wildman–Crippen MR) is 252 cm³/mol. The first kappa shape index (κ1) is 54.1. The highest BCUT2D eigenvalue weighted by molar-refractivity contribution is 8.14. The van der Waals surface area contributed by atoms with Gasteiger partial charge in [0.2, 0.25) is 12.4 Å². The molecule has 340 valence electrons. The van der Waals surface area contributed by atoms with Crippen LogP contribution < -0.4 is 16.0 Å². The van der Waals surface area contributed by atoms with Crippen molar-refractivity contribution in [1.82, 2.24) is 50.6 Å². The summed E-state index contributed by atoms with van der Waals surface area (Å²) in [6.07, 6.45) is 11.2. The van der Waals surface area contributed by atoms with Gasteiger partial charge in [0.1, 0.15) is 26.4 Å². The summed E-state index contributed by atoms with van der Waals surface area (Å²) in [5.41, 5.74) is 3.03. The molecule has 21 nitrogen and oxygen atoms in total. The van der Waals surface area contributed by atoms with Crippen molar-refractivity contribution < 1.29 is 9.96 Å². The summed E-state index contributed by atoms with van der Waals surface area (Å²) in [6.45, 7) is 7.55. The van der Waals surface area contributed by atoms with Crippen LogP contribution in [0.25, 0.3) is 0 Å². The minimum Gasteiger partial charge on any atom is -0.370 e.